The van der Waals surface area contributed by atoms with Crippen molar-refractivity contribution < 1.29 is 13.9 Å². The van der Waals surface area contributed by atoms with E-state index < -0.39 is 17.5 Å². The molecule has 2 fully saturated rings. The monoisotopic (exact) mass is 293 g/mol. The Kier molecular flexibility index (Phi) is 3.49. The fourth-order valence-electron chi connectivity index (χ4n) is 2.85. The molecule has 2 saturated heterocycles. The van der Waals surface area contributed by atoms with Crippen molar-refractivity contribution in [3.63, 3.8) is 0 Å². The van der Waals surface area contributed by atoms with E-state index in [-0.39, 0.29) is 5.82 Å². The van der Waals surface area contributed by atoms with Crippen LogP contribution in [0.2, 0.25) is 0 Å². The third-order valence-electron chi connectivity index (χ3n) is 4.96. The third kappa shape index (κ3) is 2.55. The van der Waals surface area contributed by atoms with Crippen molar-refractivity contribution in [1.29, 1.82) is 0 Å². The van der Waals surface area contributed by atoms with Crippen LogP contribution in [0.5, 0.6) is 0 Å². The number of rotatable bonds is 2. The quantitative estimate of drug-likeness (QED) is 0.822. The zero-order chi connectivity index (χ0) is 15.3. The molecule has 1 aromatic rings. The first-order valence-electron chi connectivity index (χ1n) is 7.70. The summed E-state index contributed by atoms with van der Waals surface area (Å²) in [5, 5.41) is 0. The summed E-state index contributed by atoms with van der Waals surface area (Å²) in [6.07, 6.45) is 1.73. The number of nitrogens with zero attached hydrogens (tertiary/aromatic N) is 1. The predicted octanol–water partition coefficient (Wildman–Crippen LogP) is 4.03. The molecule has 0 bridgehead atoms. The Bertz CT molecular complexity index is 520. The minimum Gasteiger partial charge on any atom is -0.371 e. The lowest BCUT2D eigenvalue weighted by Gasteiger charge is -2.30. The lowest BCUT2D eigenvalue weighted by Crippen LogP contribution is -2.41. The Morgan fingerprint density at radius 1 is 1.05 bits per heavy atom. The molecule has 0 radical (unpaired) electrons. The molecule has 0 spiro atoms. The standard InChI is InChI=1S/C17H24FNO2/c1-16(2)17(3,4)21-15(20-16)13-8-7-12(11-14(13)18)19-9-5-6-10-19/h7-8,11,15H,5-6,9-10H2,1-4H3. The normalized spacial score (nSPS) is 24.7. The van der Waals surface area contributed by atoms with E-state index >= 15 is 0 Å². The van der Waals surface area contributed by atoms with Crippen LogP contribution in [0.1, 0.15) is 52.4 Å². The number of hydrogen-bond donors (Lipinski definition) is 0. The summed E-state index contributed by atoms with van der Waals surface area (Å²) in [6.45, 7) is 9.92. The molecule has 0 atom stereocenters. The van der Waals surface area contributed by atoms with Gasteiger partial charge < -0.3 is 14.4 Å². The van der Waals surface area contributed by atoms with Gasteiger partial charge in [0.25, 0.3) is 0 Å². The lowest BCUT2D eigenvalue weighted by atomic mass is 9.90. The first kappa shape index (κ1) is 14.8. The number of benzene rings is 1. The zero-order valence-corrected chi connectivity index (χ0v) is 13.3. The van der Waals surface area contributed by atoms with E-state index in [1.54, 1.807) is 12.1 Å². The predicted molar refractivity (Wildman–Crippen MR) is 80.9 cm³/mol. The van der Waals surface area contributed by atoms with Gasteiger partial charge in [0, 0.05) is 24.3 Å². The highest BCUT2D eigenvalue weighted by molar-refractivity contribution is 5.49. The van der Waals surface area contributed by atoms with Crippen molar-refractivity contribution in [2.75, 3.05) is 18.0 Å². The molecule has 3 nitrogen and oxygen atoms in total. The molecule has 116 valence electrons. The van der Waals surface area contributed by atoms with E-state index in [2.05, 4.69) is 4.90 Å². The van der Waals surface area contributed by atoms with Gasteiger partial charge in [-0.2, -0.15) is 0 Å². The van der Waals surface area contributed by atoms with Crippen molar-refractivity contribution in [2.24, 2.45) is 0 Å². The van der Waals surface area contributed by atoms with Crippen LogP contribution in [-0.2, 0) is 9.47 Å². The Balaban J connectivity index is 1.84. The average molecular weight is 293 g/mol. The maximum absolute atomic E-state index is 14.5. The number of halogens is 1. The van der Waals surface area contributed by atoms with Gasteiger partial charge in [-0.25, -0.2) is 4.39 Å². The molecular weight excluding hydrogens is 269 g/mol. The maximum atomic E-state index is 14.5. The topological polar surface area (TPSA) is 21.7 Å². The highest BCUT2D eigenvalue weighted by Crippen LogP contribution is 2.45. The first-order valence-corrected chi connectivity index (χ1v) is 7.70. The Hall–Kier alpha value is -1.13. The lowest BCUT2D eigenvalue weighted by molar-refractivity contribution is -0.0914. The molecule has 4 heteroatoms. The number of ether oxygens (including phenoxy) is 2. The van der Waals surface area contributed by atoms with Crippen LogP contribution in [-0.4, -0.2) is 24.3 Å². The van der Waals surface area contributed by atoms with E-state index in [0.717, 1.165) is 18.8 Å². The summed E-state index contributed by atoms with van der Waals surface area (Å²) < 4.78 is 26.3. The van der Waals surface area contributed by atoms with Crippen molar-refractivity contribution in [1.82, 2.24) is 0 Å². The smallest absolute Gasteiger partial charge is 0.188 e. The Labute approximate surface area is 126 Å². The van der Waals surface area contributed by atoms with Crippen molar-refractivity contribution >= 4 is 5.69 Å². The summed E-state index contributed by atoms with van der Waals surface area (Å²) in [4.78, 5) is 2.22. The second kappa shape index (κ2) is 4.96. The maximum Gasteiger partial charge on any atom is 0.188 e. The highest BCUT2D eigenvalue weighted by Gasteiger charge is 2.50. The molecule has 2 aliphatic rings. The van der Waals surface area contributed by atoms with E-state index in [4.69, 9.17) is 9.47 Å². The van der Waals surface area contributed by atoms with Crippen molar-refractivity contribution in [2.45, 2.75) is 58.0 Å². The summed E-state index contributed by atoms with van der Waals surface area (Å²) in [5.74, 6) is -0.252. The van der Waals surface area contributed by atoms with Gasteiger partial charge in [-0.1, -0.05) is 0 Å². The van der Waals surface area contributed by atoms with Crippen LogP contribution in [0.3, 0.4) is 0 Å². The second-order valence-corrected chi connectivity index (χ2v) is 6.99. The SMILES string of the molecule is CC1(C)OC(c2ccc(N3CCCC3)cc2F)OC1(C)C. The third-order valence-corrected chi connectivity index (χ3v) is 4.96. The number of hydrogen-bond acceptors (Lipinski definition) is 3. The van der Waals surface area contributed by atoms with E-state index in [9.17, 15) is 4.39 Å². The van der Waals surface area contributed by atoms with E-state index in [0.29, 0.717) is 5.56 Å². The molecule has 0 aliphatic carbocycles. The van der Waals surface area contributed by atoms with Crippen LogP contribution < -0.4 is 4.90 Å². The van der Waals surface area contributed by atoms with Gasteiger partial charge in [0.2, 0.25) is 0 Å². The molecule has 0 aromatic heterocycles. The van der Waals surface area contributed by atoms with E-state index in [1.807, 2.05) is 33.8 Å². The van der Waals surface area contributed by atoms with Crippen LogP contribution >= 0.6 is 0 Å². The van der Waals surface area contributed by atoms with Gasteiger partial charge in [0.1, 0.15) is 5.82 Å². The summed E-state index contributed by atoms with van der Waals surface area (Å²) in [7, 11) is 0. The molecule has 0 N–H and O–H groups in total. The molecule has 0 unspecified atom stereocenters. The van der Waals surface area contributed by atoms with Crippen LogP contribution in [0.25, 0.3) is 0 Å². The fourth-order valence-corrected chi connectivity index (χ4v) is 2.85. The Morgan fingerprint density at radius 2 is 1.62 bits per heavy atom. The van der Waals surface area contributed by atoms with Gasteiger partial charge in [-0.3, -0.25) is 0 Å². The van der Waals surface area contributed by atoms with Crippen molar-refractivity contribution in [3.05, 3.63) is 29.6 Å². The number of anilines is 1. The molecule has 2 aliphatic heterocycles. The molecule has 0 amide bonds. The van der Waals surface area contributed by atoms with Gasteiger partial charge >= 0.3 is 0 Å². The average Bonchev–Trinajstić information content (AvgIpc) is 2.96. The molecule has 1 aromatic carbocycles. The van der Waals surface area contributed by atoms with Crippen LogP contribution in [0, 0.1) is 5.82 Å². The minimum absolute atomic E-state index is 0.252. The van der Waals surface area contributed by atoms with Gasteiger partial charge in [0.15, 0.2) is 6.29 Å². The fraction of sp³-hybridized carbons (Fsp3) is 0.647. The van der Waals surface area contributed by atoms with Gasteiger partial charge in [-0.05, 0) is 58.7 Å². The minimum atomic E-state index is -0.636. The van der Waals surface area contributed by atoms with E-state index in [1.165, 1.54) is 12.8 Å². The molecule has 0 saturated carbocycles. The first-order chi connectivity index (χ1) is 9.80. The molecular formula is C17H24FNO2. The molecule has 3 rings (SSSR count). The summed E-state index contributed by atoms with van der Waals surface area (Å²) in [6, 6.07) is 5.37. The van der Waals surface area contributed by atoms with Gasteiger partial charge in [-0.15, -0.1) is 0 Å². The highest BCUT2D eigenvalue weighted by atomic mass is 19.1. The van der Waals surface area contributed by atoms with Crippen LogP contribution in [0.4, 0.5) is 10.1 Å². The zero-order valence-electron chi connectivity index (χ0n) is 13.3. The second-order valence-electron chi connectivity index (χ2n) is 6.99. The largest absolute Gasteiger partial charge is 0.371 e. The molecule has 21 heavy (non-hydrogen) atoms. The summed E-state index contributed by atoms with van der Waals surface area (Å²) in [5.41, 5.74) is 0.539. The van der Waals surface area contributed by atoms with Crippen molar-refractivity contribution in [3.8, 4) is 0 Å². The van der Waals surface area contributed by atoms with Crippen LogP contribution in [0.15, 0.2) is 18.2 Å². The summed E-state index contributed by atoms with van der Waals surface area (Å²) >= 11 is 0. The molecule has 2 heterocycles. The van der Waals surface area contributed by atoms with Gasteiger partial charge in [0.05, 0.1) is 11.2 Å². The Morgan fingerprint density at radius 3 is 2.14 bits per heavy atom.